The Labute approximate surface area is 118 Å². The van der Waals surface area contributed by atoms with Crippen molar-refractivity contribution in [2.75, 3.05) is 54.0 Å². The molecule has 0 rings (SSSR count). The van der Waals surface area contributed by atoms with E-state index in [0.29, 0.717) is 19.7 Å². The lowest BCUT2D eigenvalue weighted by molar-refractivity contribution is -0.136. The highest BCUT2D eigenvalue weighted by Crippen LogP contribution is 2.10. The standard InChI is InChI=1S/C14H31N3O2/c1-13(7-5-8-15)14(18)17(11-12-19-4)10-6-9-16(2)3/h13H,5-12,15H2,1-4H3. The van der Waals surface area contributed by atoms with Crippen molar-refractivity contribution < 1.29 is 9.53 Å². The molecular weight excluding hydrogens is 242 g/mol. The van der Waals surface area contributed by atoms with Crippen LogP contribution in [0.5, 0.6) is 0 Å². The van der Waals surface area contributed by atoms with Gasteiger partial charge in [-0.2, -0.15) is 0 Å². The van der Waals surface area contributed by atoms with Crippen molar-refractivity contribution in [3.63, 3.8) is 0 Å². The molecule has 0 heterocycles. The molecule has 0 aliphatic heterocycles. The van der Waals surface area contributed by atoms with E-state index in [1.807, 2.05) is 25.9 Å². The third kappa shape index (κ3) is 8.97. The van der Waals surface area contributed by atoms with Gasteiger partial charge in [0.2, 0.25) is 5.91 Å². The van der Waals surface area contributed by atoms with Gasteiger partial charge in [0.05, 0.1) is 6.61 Å². The van der Waals surface area contributed by atoms with Crippen molar-refractivity contribution >= 4 is 5.91 Å². The molecule has 0 fully saturated rings. The van der Waals surface area contributed by atoms with Crippen LogP contribution in [-0.2, 0) is 9.53 Å². The number of hydrogen-bond acceptors (Lipinski definition) is 4. The molecule has 0 aromatic carbocycles. The zero-order valence-corrected chi connectivity index (χ0v) is 13.0. The largest absolute Gasteiger partial charge is 0.383 e. The Hall–Kier alpha value is -0.650. The van der Waals surface area contributed by atoms with E-state index in [1.54, 1.807) is 7.11 Å². The first kappa shape index (κ1) is 18.4. The summed E-state index contributed by atoms with van der Waals surface area (Å²) in [5, 5.41) is 0. The van der Waals surface area contributed by atoms with Gasteiger partial charge in [-0.25, -0.2) is 0 Å². The highest BCUT2D eigenvalue weighted by atomic mass is 16.5. The molecule has 114 valence electrons. The van der Waals surface area contributed by atoms with Crippen molar-refractivity contribution in [3.05, 3.63) is 0 Å². The van der Waals surface area contributed by atoms with E-state index in [4.69, 9.17) is 10.5 Å². The first-order chi connectivity index (χ1) is 9.02. The van der Waals surface area contributed by atoms with Gasteiger partial charge in [-0.15, -0.1) is 0 Å². The van der Waals surface area contributed by atoms with Gasteiger partial charge in [-0.3, -0.25) is 4.79 Å². The molecule has 0 aliphatic rings. The van der Waals surface area contributed by atoms with Crippen LogP contribution in [0.4, 0.5) is 0 Å². The van der Waals surface area contributed by atoms with Crippen LogP contribution >= 0.6 is 0 Å². The Balaban J connectivity index is 4.24. The molecule has 0 aliphatic carbocycles. The second kappa shape index (κ2) is 11.2. The Bertz CT molecular complexity index is 235. The molecule has 5 nitrogen and oxygen atoms in total. The summed E-state index contributed by atoms with van der Waals surface area (Å²) in [7, 11) is 5.76. The molecule has 2 N–H and O–H groups in total. The second-order valence-corrected chi connectivity index (χ2v) is 5.31. The second-order valence-electron chi connectivity index (χ2n) is 5.31. The Morgan fingerprint density at radius 3 is 2.42 bits per heavy atom. The molecule has 0 saturated carbocycles. The van der Waals surface area contributed by atoms with Gasteiger partial charge >= 0.3 is 0 Å². The summed E-state index contributed by atoms with van der Waals surface area (Å²) in [4.78, 5) is 16.4. The van der Waals surface area contributed by atoms with Crippen molar-refractivity contribution in [2.45, 2.75) is 26.2 Å². The van der Waals surface area contributed by atoms with E-state index in [9.17, 15) is 4.79 Å². The molecule has 1 atom stereocenters. The molecule has 0 bridgehead atoms. The van der Waals surface area contributed by atoms with E-state index < -0.39 is 0 Å². The van der Waals surface area contributed by atoms with Crippen LogP contribution in [0.15, 0.2) is 0 Å². The smallest absolute Gasteiger partial charge is 0.225 e. The summed E-state index contributed by atoms with van der Waals surface area (Å²) >= 11 is 0. The van der Waals surface area contributed by atoms with Gasteiger partial charge in [0.15, 0.2) is 0 Å². The number of nitrogens with zero attached hydrogens (tertiary/aromatic N) is 2. The van der Waals surface area contributed by atoms with Gasteiger partial charge < -0.3 is 20.3 Å². The zero-order valence-electron chi connectivity index (χ0n) is 13.0. The van der Waals surface area contributed by atoms with Crippen LogP contribution in [0.3, 0.4) is 0 Å². The number of carbonyl (C=O) groups excluding carboxylic acids is 1. The molecular formula is C14H31N3O2. The maximum atomic E-state index is 12.3. The van der Waals surface area contributed by atoms with Gasteiger partial charge in [0.25, 0.3) is 0 Å². The monoisotopic (exact) mass is 273 g/mol. The quantitative estimate of drug-likeness (QED) is 0.604. The highest BCUT2D eigenvalue weighted by Gasteiger charge is 2.19. The van der Waals surface area contributed by atoms with Crippen LogP contribution in [0.2, 0.25) is 0 Å². The summed E-state index contributed by atoms with van der Waals surface area (Å²) in [6, 6.07) is 0. The Morgan fingerprint density at radius 2 is 1.89 bits per heavy atom. The van der Waals surface area contributed by atoms with Crippen molar-refractivity contribution in [2.24, 2.45) is 11.7 Å². The fourth-order valence-corrected chi connectivity index (χ4v) is 1.97. The average molecular weight is 273 g/mol. The Kier molecular flexibility index (Phi) is 10.8. The van der Waals surface area contributed by atoms with Crippen LogP contribution < -0.4 is 5.73 Å². The topological polar surface area (TPSA) is 58.8 Å². The lowest BCUT2D eigenvalue weighted by Crippen LogP contribution is -2.39. The van der Waals surface area contributed by atoms with E-state index in [-0.39, 0.29) is 11.8 Å². The predicted molar refractivity (Wildman–Crippen MR) is 79.1 cm³/mol. The van der Waals surface area contributed by atoms with Crippen molar-refractivity contribution in [1.29, 1.82) is 0 Å². The summed E-state index contributed by atoms with van der Waals surface area (Å²) < 4.78 is 5.09. The number of amides is 1. The first-order valence-corrected chi connectivity index (χ1v) is 7.15. The summed E-state index contributed by atoms with van der Waals surface area (Å²) in [5.41, 5.74) is 5.50. The summed E-state index contributed by atoms with van der Waals surface area (Å²) in [6.07, 6.45) is 2.77. The van der Waals surface area contributed by atoms with E-state index in [1.165, 1.54) is 0 Å². The van der Waals surface area contributed by atoms with E-state index in [2.05, 4.69) is 4.90 Å². The number of methoxy groups -OCH3 is 1. The SMILES string of the molecule is COCCN(CCCN(C)C)C(=O)C(C)CCCN. The minimum atomic E-state index is 0.0553. The van der Waals surface area contributed by atoms with Gasteiger partial charge in [-0.05, 0) is 46.4 Å². The van der Waals surface area contributed by atoms with Crippen LogP contribution in [-0.4, -0.2) is 69.7 Å². The molecule has 0 aromatic rings. The van der Waals surface area contributed by atoms with Gasteiger partial charge in [-0.1, -0.05) is 6.92 Å². The molecule has 0 aromatic heterocycles. The van der Waals surface area contributed by atoms with Crippen molar-refractivity contribution in [3.8, 4) is 0 Å². The molecule has 0 radical (unpaired) electrons. The molecule has 0 spiro atoms. The number of rotatable bonds is 11. The fraction of sp³-hybridized carbons (Fsp3) is 0.929. The molecule has 0 saturated heterocycles. The summed E-state index contributed by atoms with van der Waals surface area (Å²) in [6.45, 7) is 5.70. The molecule has 5 heteroatoms. The number of carbonyl (C=O) groups is 1. The van der Waals surface area contributed by atoms with E-state index >= 15 is 0 Å². The molecule has 1 amide bonds. The predicted octanol–water partition coefficient (Wildman–Crippen LogP) is 0.788. The maximum Gasteiger partial charge on any atom is 0.225 e. The minimum absolute atomic E-state index is 0.0553. The third-order valence-electron chi connectivity index (χ3n) is 3.17. The highest BCUT2D eigenvalue weighted by molar-refractivity contribution is 5.78. The van der Waals surface area contributed by atoms with Crippen LogP contribution in [0.25, 0.3) is 0 Å². The Morgan fingerprint density at radius 1 is 1.21 bits per heavy atom. The third-order valence-corrected chi connectivity index (χ3v) is 3.17. The lowest BCUT2D eigenvalue weighted by Gasteiger charge is -2.26. The van der Waals surface area contributed by atoms with Gasteiger partial charge in [0.1, 0.15) is 0 Å². The van der Waals surface area contributed by atoms with Crippen LogP contribution in [0.1, 0.15) is 26.2 Å². The number of hydrogen-bond donors (Lipinski definition) is 1. The van der Waals surface area contributed by atoms with E-state index in [0.717, 1.165) is 32.4 Å². The lowest BCUT2D eigenvalue weighted by atomic mass is 10.0. The number of ether oxygens (including phenoxy) is 1. The fourth-order valence-electron chi connectivity index (χ4n) is 1.97. The summed E-state index contributed by atoms with van der Waals surface area (Å²) in [5.74, 6) is 0.281. The number of nitrogens with two attached hydrogens (primary N) is 1. The van der Waals surface area contributed by atoms with Crippen LogP contribution in [0, 0.1) is 5.92 Å². The minimum Gasteiger partial charge on any atom is -0.383 e. The van der Waals surface area contributed by atoms with Gasteiger partial charge in [0, 0.05) is 26.1 Å². The maximum absolute atomic E-state index is 12.3. The zero-order chi connectivity index (χ0) is 14.7. The first-order valence-electron chi connectivity index (χ1n) is 7.15. The normalized spacial score (nSPS) is 12.7. The average Bonchev–Trinajstić information content (AvgIpc) is 2.38. The molecule has 1 unspecified atom stereocenters. The molecule has 19 heavy (non-hydrogen) atoms. The van der Waals surface area contributed by atoms with Crippen molar-refractivity contribution in [1.82, 2.24) is 9.80 Å².